The Labute approximate surface area is 154 Å². The molecule has 1 saturated carbocycles. The molecule has 1 heterocycles. The molecule has 0 aromatic heterocycles. The zero-order valence-corrected chi connectivity index (χ0v) is 15.2. The van der Waals surface area contributed by atoms with Gasteiger partial charge in [-0.15, -0.1) is 0 Å². The molecular formula is C20H28FN3O2. The average Bonchev–Trinajstić information content (AvgIpc) is 3.20. The second-order valence-electron chi connectivity index (χ2n) is 7.33. The average molecular weight is 361 g/mol. The largest absolute Gasteiger partial charge is 0.354 e. The Balaban J connectivity index is 1.37. The van der Waals surface area contributed by atoms with Crippen molar-refractivity contribution in [3.63, 3.8) is 0 Å². The summed E-state index contributed by atoms with van der Waals surface area (Å²) in [7, 11) is 0. The van der Waals surface area contributed by atoms with Gasteiger partial charge in [0.15, 0.2) is 0 Å². The molecule has 2 aliphatic rings. The Morgan fingerprint density at radius 3 is 2.42 bits per heavy atom. The molecule has 2 N–H and O–H groups in total. The molecule has 2 fully saturated rings. The summed E-state index contributed by atoms with van der Waals surface area (Å²) in [5.41, 5.74) is 0.414. The first-order valence-corrected chi connectivity index (χ1v) is 9.69. The van der Waals surface area contributed by atoms with Crippen LogP contribution in [0.15, 0.2) is 24.3 Å². The lowest BCUT2D eigenvalue weighted by atomic mass is 9.95. The predicted octanol–water partition coefficient (Wildman–Crippen LogP) is 2.33. The molecule has 1 unspecified atom stereocenters. The number of halogens is 1. The number of amides is 2. The van der Waals surface area contributed by atoms with Gasteiger partial charge in [-0.3, -0.25) is 14.5 Å². The summed E-state index contributed by atoms with van der Waals surface area (Å²) < 4.78 is 12.9. The van der Waals surface area contributed by atoms with Crippen LogP contribution in [0.2, 0.25) is 0 Å². The van der Waals surface area contributed by atoms with Crippen molar-refractivity contribution < 1.29 is 14.0 Å². The van der Waals surface area contributed by atoms with E-state index in [1.807, 2.05) is 0 Å². The van der Waals surface area contributed by atoms with Gasteiger partial charge in [0, 0.05) is 31.2 Å². The summed E-state index contributed by atoms with van der Waals surface area (Å²) >= 11 is 0. The van der Waals surface area contributed by atoms with Gasteiger partial charge >= 0.3 is 0 Å². The third-order valence-corrected chi connectivity index (χ3v) is 5.48. The first-order valence-electron chi connectivity index (χ1n) is 9.69. The van der Waals surface area contributed by atoms with E-state index in [1.165, 1.54) is 49.9 Å². The van der Waals surface area contributed by atoms with Crippen molar-refractivity contribution in [2.24, 2.45) is 5.92 Å². The fourth-order valence-electron chi connectivity index (χ4n) is 4.03. The fraction of sp³-hybridized carbons (Fsp3) is 0.600. The molecule has 1 aromatic rings. The summed E-state index contributed by atoms with van der Waals surface area (Å²) in [4.78, 5) is 26.9. The normalized spacial score (nSPS) is 21.5. The minimum absolute atomic E-state index is 0.0529. The molecule has 6 heteroatoms. The molecule has 1 aliphatic heterocycles. The van der Waals surface area contributed by atoms with Crippen LogP contribution in [0, 0.1) is 11.7 Å². The fourth-order valence-corrected chi connectivity index (χ4v) is 4.03. The van der Waals surface area contributed by atoms with Gasteiger partial charge in [-0.2, -0.15) is 0 Å². The maximum absolute atomic E-state index is 12.9. The van der Waals surface area contributed by atoms with E-state index in [0.717, 1.165) is 25.9 Å². The minimum atomic E-state index is -0.368. The van der Waals surface area contributed by atoms with E-state index in [2.05, 4.69) is 15.5 Å². The SMILES string of the molecule is O=C(NCCNC(=O)C1CCCN(C2CCCC2)C1)c1ccc(F)cc1. The molecule has 1 saturated heterocycles. The van der Waals surface area contributed by atoms with Gasteiger partial charge in [-0.1, -0.05) is 12.8 Å². The summed E-state index contributed by atoms with van der Waals surface area (Å²) in [5.74, 6) is -0.488. The molecule has 1 aromatic carbocycles. The van der Waals surface area contributed by atoms with Crippen LogP contribution in [0.1, 0.15) is 48.9 Å². The van der Waals surface area contributed by atoms with E-state index in [-0.39, 0.29) is 23.5 Å². The lowest BCUT2D eigenvalue weighted by molar-refractivity contribution is -0.127. The number of hydrogen-bond donors (Lipinski definition) is 2. The van der Waals surface area contributed by atoms with Crippen molar-refractivity contribution in [3.05, 3.63) is 35.6 Å². The number of rotatable bonds is 6. The summed E-state index contributed by atoms with van der Waals surface area (Å²) in [6, 6.07) is 6.08. The van der Waals surface area contributed by atoms with Crippen molar-refractivity contribution in [2.45, 2.75) is 44.6 Å². The number of carbonyl (C=O) groups is 2. The summed E-state index contributed by atoms with van der Waals surface area (Å²) in [6.45, 7) is 2.74. The Hall–Kier alpha value is -1.95. The van der Waals surface area contributed by atoms with E-state index < -0.39 is 0 Å². The zero-order valence-electron chi connectivity index (χ0n) is 15.2. The van der Waals surface area contributed by atoms with Crippen molar-refractivity contribution >= 4 is 11.8 Å². The van der Waals surface area contributed by atoms with Crippen LogP contribution in [0.4, 0.5) is 4.39 Å². The molecule has 2 amide bonds. The lowest BCUT2D eigenvalue weighted by Gasteiger charge is -2.36. The van der Waals surface area contributed by atoms with Crippen LogP contribution in [0.25, 0.3) is 0 Å². The first-order chi connectivity index (χ1) is 12.6. The first kappa shape index (κ1) is 18.8. The number of likely N-dealkylation sites (tertiary alicyclic amines) is 1. The minimum Gasteiger partial charge on any atom is -0.354 e. The van der Waals surface area contributed by atoms with Crippen molar-refractivity contribution in [1.29, 1.82) is 0 Å². The number of nitrogens with zero attached hydrogens (tertiary/aromatic N) is 1. The second kappa shape index (κ2) is 9.12. The Morgan fingerprint density at radius 1 is 1.00 bits per heavy atom. The van der Waals surface area contributed by atoms with Gasteiger partial charge in [-0.05, 0) is 56.5 Å². The standard InChI is InChI=1S/C20H28FN3O2/c21-17-9-7-15(8-10-17)19(25)22-11-12-23-20(26)16-4-3-13-24(14-16)18-5-1-2-6-18/h7-10,16,18H,1-6,11-14H2,(H,22,25)(H,23,26). The number of carbonyl (C=O) groups excluding carboxylic acids is 2. The lowest BCUT2D eigenvalue weighted by Crippen LogP contribution is -2.47. The van der Waals surface area contributed by atoms with E-state index >= 15 is 0 Å². The Bertz CT molecular complexity index is 614. The van der Waals surface area contributed by atoms with Crippen LogP contribution in [0.3, 0.4) is 0 Å². The van der Waals surface area contributed by atoms with Crippen molar-refractivity contribution in [2.75, 3.05) is 26.2 Å². The molecule has 0 spiro atoms. The Kier molecular flexibility index (Phi) is 6.61. The van der Waals surface area contributed by atoms with Crippen LogP contribution in [-0.2, 0) is 4.79 Å². The smallest absolute Gasteiger partial charge is 0.251 e. The molecular weight excluding hydrogens is 333 g/mol. The summed E-state index contributed by atoms with van der Waals surface area (Å²) in [5, 5.41) is 5.68. The van der Waals surface area contributed by atoms with Gasteiger partial charge in [0.05, 0.1) is 5.92 Å². The third-order valence-electron chi connectivity index (χ3n) is 5.48. The molecule has 0 radical (unpaired) electrons. The summed E-state index contributed by atoms with van der Waals surface area (Å²) in [6.07, 6.45) is 7.18. The quantitative estimate of drug-likeness (QED) is 0.765. The van der Waals surface area contributed by atoms with Gasteiger partial charge in [0.1, 0.15) is 5.82 Å². The molecule has 0 bridgehead atoms. The van der Waals surface area contributed by atoms with E-state index in [4.69, 9.17) is 0 Å². The zero-order chi connectivity index (χ0) is 18.4. The molecule has 1 atom stereocenters. The molecule has 5 nitrogen and oxygen atoms in total. The molecule has 142 valence electrons. The highest BCUT2D eigenvalue weighted by atomic mass is 19.1. The molecule has 26 heavy (non-hydrogen) atoms. The van der Waals surface area contributed by atoms with Crippen molar-refractivity contribution in [3.8, 4) is 0 Å². The molecule has 1 aliphatic carbocycles. The topological polar surface area (TPSA) is 61.4 Å². The number of nitrogens with one attached hydrogen (secondary N) is 2. The molecule has 3 rings (SSSR count). The number of hydrogen-bond acceptors (Lipinski definition) is 3. The van der Waals surface area contributed by atoms with E-state index in [1.54, 1.807) is 0 Å². The highest BCUT2D eigenvalue weighted by Gasteiger charge is 2.30. The second-order valence-corrected chi connectivity index (χ2v) is 7.33. The van der Waals surface area contributed by atoms with Crippen LogP contribution < -0.4 is 10.6 Å². The van der Waals surface area contributed by atoms with Crippen LogP contribution in [-0.4, -0.2) is 48.9 Å². The van der Waals surface area contributed by atoms with Crippen LogP contribution in [0.5, 0.6) is 0 Å². The van der Waals surface area contributed by atoms with Gasteiger partial charge in [0.2, 0.25) is 5.91 Å². The van der Waals surface area contributed by atoms with E-state index in [0.29, 0.717) is 24.7 Å². The predicted molar refractivity (Wildman–Crippen MR) is 98.3 cm³/mol. The number of piperidine rings is 1. The van der Waals surface area contributed by atoms with Gasteiger partial charge in [-0.25, -0.2) is 4.39 Å². The van der Waals surface area contributed by atoms with E-state index in [9.17, 15) is 14.0 Å². The Morgan fingerprint density at radius 2 is 1.69 bits per heavy atom. The third kappa shape index (κ3) is 5.04. The highest BCUT2D eigenvalue weighted by Crippen LogP contribution is 2.27. The van der Waals surface area contributed by atoms with Gasteiger partial charge in [0.25, 0.3) is 5.91 Å². The maximum atomic E-state index is 12.9. The highest BCUT2D eigenvalue weighted by molar-refractivity contribution is 5.94. The number of benzene rings is 1. The monoisotopic (exact) mass is 361 g/mol. The maximum Gasteiger partial charge on any atom is 0.251 e. The van der Waals surface area contributed by atoms with Crippen molar-refractivity contribution in [1.82, 2.24) is 15.5 Å². The van der Waals surface area contributed by atoms with Gasteiger partial charge < -0.3 is 10.6 Å². The van der Waals surface area contributed by atoms with Crippen LogP contribution >= 0.6 is 0 Å².